The lowest BCUT2D eigenvalue weighted by atomic mass is 10.4. The van der Waals surface area contributed by atoms with Crippen molar-refractivity contribution in [3.8, 4) is 0 Å². The van der Waals surface area contributed by atoms with Crippen molar-refractivity contribution in [2.75, 3.05) is 13.2 Å². The molecule has 0 aliphatic heterocycles. The number of hydrogen-bond acceptors (Lipinski definition) is 3. The van der Waals surface area contributed by atoms with Gasteiger partial charge in [0.25, 0.3) is 0 Å². The van der Waals surface area contributed by atoms with Gasteiger partial charge in [0.2, 0.25) is 0 Å². The number of ether oxygens (including phenoxy) is 1. The molecule has 0 aliphatic carbocycles. The Morgan fingerprint density at radius 2 is 2.11 bits per heavy atom. The summed E-state index contributed by atoms with van der Waals surface area (Å²) in [4.78, 5) is 0. The summed E-state index contributed by atoms with van der Waals surface area (Å²) in [6, 6.07) is -0.709. The summed E-state index contributed by atoms with van der Waals surface area (Å²) in [5, 5.41) is 8.20. The molecule has 0 saturated carbocycles. The Bertz CT molecular complexity index is 71.6. The first-order chi connectivity index (χ1) is 4.16. The van der Waals surface area contributed by atoms with Crippen LogP contribution in [0.3, 0.4) is 0 Å². The van der Waals surface area contributed by atoms with E-state index in [-0.39, 0.29) is 13.2 Å². The first-order valence-electron chi connectivity index (χ1n) is 2.43. The molecule has 3 N–H and O–H groups in total. The molecule has 0 fully saturated rings. The number of rotatable bonds is 4. The van der Waals surface area contributed by atoms with Crippen molar-refractivity contribution in [3.63, 3.8) is 0 Å². The zero-order chi connectivity index (χ0) is 7.28. The molecule has 0 spiro atoms. The summed E-state index contributed by atoms with van der Waals surface area (Å²) >= 11 is 0. The number of aliphatic hydroxyl groups is 1. The molecule has 9 heavy (non-hydrogen) atoms. The van der Waals surface area contributed by atoms with Crippen molar-refractivity contribution in [2.24, 2.45) is 5.73 Å². The molecule has 0 aromatic carbocycles. The van der Waals surface area contributed by atoms with E-state index in [1.165, 1.54) is 0 Å². The van der Waals surface area contributed by atoms with Gasteiger partial charge in [-0.05, 0) is 0 Å². The Morgan fingerprint density at radius 1 is 1.56 bits per heavy atom. The Hall–Kier alpha value is -0.260. The summed E-state index contributed by atoms with van der Waals surface area (Å²) in [6.07, 6.45) is 0. The number of halogens is 2. The van der Waals surface area contributed by atoms with E-state index >= 15 is 0 Å². The van der Waals surface area contributed by atoms with Crippen LogP contribution in [0.1, 0.15) is 0 Å². The van der Waals surface area contributed by atoms with Crippen molar-refractivity contribution in [3.05, 3.63) is 0 Å². The maximum absolute atomic E-state index is 11.2. The monoisotopic (exact) mass is 141 g/mol. The van der Waals surface area contributed by atoms with Crippen LogP contribution in [0.15, 0.2) is 0 Å². The second-order valence-electron chi connectivity index (χ2n) is 1.54. The van der Waals surface area contributed by atoms with E-state index in [4.69, 9.17) is 10.8 Å². The fourth-order valence-corrected chi connectivity index (χ4v) is 0.249. The summed E-state index contributed by atoms with van der Waals surface area (Å²) in [5.74, 6) is 0. The molecule has 0 aromatic rings. The number of hydrogen-bond donors (Lipinski definition) is 2. The Morgan fingerprint density at radius 3 is 2.44 bits per heavy atom. The van der Waals surface area contributed by atoms with E-state index in [2.05, 4.69) is 4.74 Å². The van der Waals surface area contributed by atoms with Crippen LogP contribution in [0, 0.1) is 0 Å². The Balaban J connectivity index is 3.06. The number of alkyl halides is 2. The van der Waals surface area contributed by atoms with Gasteiger partial charge in [-0.2, -0.15) is 8.78 Å². The Labute approximate surface area is 51.4 Å². The van der Waals surface area contributed by atoms with Gasteiger partial charge in [-0.1, -0.05) is 0 Å². The number of aliphatic hydroxyl groups excluding tert-OH is 1. The van der Waals surface area contributed by atoms with E-state index in [9.17, 15) is 8.78 Å². The van der Waals surface area contributed by atoms with E-state index < -0.39 is 12.7 Å². The molecule has 0 aliphatic rings. The molecular weight excluding hydrogens is 132 g/mol. The molecule has 0 bridgehead atoms. The molecule has 1 unspecified atom stereocenters. The molecular formula is C4H9F2NO2. The summed E-state index contributed by atoms with van der Waals surface area (Å²) in [7, 11) is 0. The molecule has 0 amide bonds. The summed E-state index contributed by atoms with van der Waals surface area (Å²) in [5.41, 5.74) is 5.01. The second kappa shape index (κ2) is 4.60. The molecule has 0 rings (SSSR count). The van der Waals surface area contributed by atoms with E-state index in [0.29, 0.717) is 0 Å². The fraction of sp³-hybridized carbons (Fsp3) is 1.00. The van der Waals surface area contributed by atoms with Gasteiger partial charge in [-0.3, -0.25) is 0 Å². The third kappa shape index (κ3) is 5.61. The van der Waals surface area contributed by atoms with Crippen LogP contribution in [0.25, 0.3) is 0 Å². The standard InChI is InChI=1S/C4H9F2NO2/c5-4(6)9-2-3(7)1-8/h3-4,8H,1-2,7H2. The first kappa shape index (κ1) is 8.74. The molecule has 56 valence electrons. The quantitative estimate of drug-likeness (QED) is 0.557. The second-order valence-corrected chi connectivity index (χ2v) is 1.54. The lowest BCUT2D eigenvalue weighted by Crippen LogP contribution is -2.30. The van der Waals surface area contributed by atoms with Gasteiger partial charge in [0.05, 0.1) is 19.3 Å². The smallest absolute Gasteiger partial charge is 0.345 e. The largest absolute Gasteiger partial charge is 0.395 e. The van der Waals surface area contributed by atoms with Crippen LogP contribution in [0.2, 0.25) is 0 Å². The zero-order valence-corrected chi connectivity index (χ0v) is 4.76. The van der Waals surface area contributed by atoms with Crippen molar-refractivity contribution in [2.45, 2.75) is 12.7 Å². The maximum atomic E-state index is 11.2. The SMILES string of the molecule is NC(CO)COC(F)F. The molecule has 0 saturated heterocycles. The van der Waals surface area contributed by atoms with Crippen LogP contribution in [0.4, 0.5) is 8.78 Å². The van der Waals surface area contributed by atoms with Gasteiger partial charge in [-0.25, -0.2) is 0 Å². The van der Waals surface area contributed by atoms with E-state index in [1.54, 1.807) is 0 Å². The zero-order valence-electron chi connectivity index (χ0n) is 4.76. The van der Waals surface area contributed by atoms with Gasteiger partial charge in [0.15, 0.2) is 0 Å². The average molecular weight is 141 g/mol. The van der Waals surface area contributed by atoms with E-state index in [0.717, 1.165) is 0 Å². The highest BCUT2D eigenvalue weighted by atomic mass is 19.3. The van der Waals surface area contributed by atoms with Crippen molar-refractivity contribution in [1.82, 2.24) is 0 Å². The highest BCUT2D eigenvalue weighted by Gasteiger charge is 2.05. The van der Waals surface area contributed by atoms with Crippen LogP contribution in [0.5, 0.6) is 0 Å². The van der Waals surface area contributed by atoms with E-state index in [1.807, 2.05) is 0 Å². The lowest BCUT2D eigenvalue weighted by Gasteiger charge is -2.06. The van der Waals surface area contributed by atoms with Gasteiger partial charge in [0, 0.05) is 0 Å². The maximum Gasteiger partial charge on any atom is 0.345 e. The normalized spacial score (nSPS) is 14.3. The first-order valence-corrected chi connectivity index (χ1v) is 2.43. The summed E-state index contributed by atoms with van der Waals surface area (Å²) in [6.45, 7) is -3.46. The third-order valence-electron chi connectivity index (χ3n) is 0.671. The topological polar surface area (TPSA) is 55.5 Å². The van der Waals surface area contributed by atoms with Gasteiger partial charge in [-0.15, -0.1) is 0 Å². The highest BCUT2D eigenvalue weighted by molar-refractivity contribution is 4.54. The molecule has 0 heterocycles. The minimum atomic E-state index is -2.80. The predicted octanol–water partition coefficient (Wildman–Crippen LogP) is -0.455. The molecule has 0 radical (unpaired) electrons. The van der Waals surface area contributed by atoms with Crippen LogP contribution in [-0.4, -0.2) is 31.0 Å². The van der Waals surface area contributed by atoms with Gasteiger partial charge in [0.1, 0.15) is 0 Å². The molecule has 1 atom stereocenters. The molecule has 0 aromatic heterocycles. The van der Waals surface area contributed by atoms with Crippen molar-refractivity contribution < 1.29 is 18.6 Å². The third-order valence-corrected chi connectivity index (χ3v) is 0.671. The van der Waals surface area contributed by atoms with Crippen molar-refractivity contribution >= 4 is 0 Å². The average Bonchev–Trinajstić information content (AvgIpc) is 1.83. The summed E-state index contributed by atoms with van der Waals surface area (Å²) < 4.78 is 26.1. The van der Waals surface area contributed by atoms with Gasteiger partial charge >= 0.3 is 6.61 Å². The van der Waals surface area contributed by atoms with Crippen LogP contribution >= 0.6 is 0 Å². The highest BCUT2D eigenvalue weighted by Crippen LogP contribution is 1.94. The minimum absolute atomic E-state index is 0.311. The van der Waals surface area contributed by atoms with Gasteiger partial charge < -0.3 is 15.6 Å². The van der Waals surface area contributed by atoms with Crippen molar-refractivity contribution in [1.29, 1.82) is 0 Å². The predicted molar refractivity (Wildman–Crippen MR) is 27.0 cm³/mol. The molecule has 3 nitrogen and oxygen atoms in total. The Kier molecular flexibility index (Phi) is 4.47. The minimum Gasteiger partial charge on any atom is -0.395 e. The van der Waals surface area contributed by atoms with Crippen LogP contribution < -0.4 is 5.73 Å². The lowest BCUT2D eigenvalue weighted by molar-refractivity contribution is -0.133. The fourth-order valence-electron chi connectivity index (χ4n) is 0.249. The van der Waals surface area contributed by atoms with Crippen LogP contribution in [-0.2, 0) is 4.74 Å². The number of nitrogens with two attached hydrogens (primary N) is 1. The molecule has 5 heteroatoms.